The van der Waals surface area contributed by atoms with E-state index in [1.54, 1.807) is 0 Å². The fraction of sp³-hybridized carbons (Fsp3) is 0.353. The molecule has 1 aromatic carbocycles. The molecule has 1 aliphatic rings. The first kappa shape index (κ1) is 14.4. The molecule has 0 unspecified atom stereocenters. The molecule has 23 heavy (non-hydrogen) atoms. The summed E-state index contributed by atoms with van der Waals surface area (Å²) < 4.78 is 15.3. The largest absolute Gasteiger partial charge is 0.360 e. The number of aromatic nitrogens is 3. The van der Waals surface area contributed by atoms with E-state index in [4.69, 9.17) is 0 Å². The molecule has 0 bridgehead atoms. The second kappa shape index (κ2) is 6.14. The van der Waals surface area contributed by atoms with Gasteiger partial charge in [-0.1, -0.05) is 0 Å². The number of hydrogen-bond donors (Lipinski definition) is 2. The van der Waals surface area contributed by atoms with Gasteiger partial charge in [-0.3, -0.25) is 9.58 Å². The van der Waals surface area contributed by atoms with Crippen molar-refractivity contribution in [3.05, 3.63) is 42.6 Å². The Labute approximate surface area is 134 Å². The molecule has 2 aromatic heterocycles. The quantitative estimate of drug-likeness (QED) is 0.775. The Kier molecular flexibility index (Phi) is 3.85. The zero-order valence-corrected chi connectivity index (χ0v) is 12.9. The monoisotopic (exact) mass is 313 g/mol. The maximum Gasteiger partial charge on any atom is 0.125 e. The molecule has 3 heterocycles. The van der Waals surface area contributed by atoms with Crippen molar-refractivity contribution in [2.24, 2.45) is 0 Å². The van der Waals surface area contributed by atoms with Gasteiger partial charge in [-0.05, 0) is 18.2 Å². The molecule has 3 aromatic rings. The third-order valence-corrected chi connectivity index (χ3v) is 4.44. The number of piperazine rings is 1. The molecule has 5 nitrogen and oxygen atoms in total. The van der Waals surface area contributed by atoms with Crippen molar-refractivity contribution in [1.82, 2.24) is 25.0 Å². The standard InChI is InChI=1S/C17H20FN5/c18-14-1-2-15-16(11-20-17(15)9-14)13-10-21-23(12-13)8-7-22-5-3-19-4-6-22/h1-2,9-12,19-20H,3-8H2. The number of fused-ring (bicyclic) bond motifs is 1. The average molecular weight is 313 g/mol. The lowest BCUT2D eigenvalue weighted by Gasteiger charge is -2.26. The van der Waals surface area contributed by atoms with E-state index in [-0.39, 0.29) is 5.82 Å². The Morgan fingerprint density at radius 2 is 2.04 bits per heavy atom. The molecule has 4 rings (SSSR count). The summed E-state index contributed by atoms with van der Waals surface area (Å²) in [4.78, 5) is 5.58. The van der Waals surface area contributed by atoms with Crippen molar-refractivity contribution in [3.63, 3.8) is 0 Å². The van der Waals surface area contributed by atoms with E-state index in [1.807, 2.05) is 23.1 Å². The molecule has 0 amide bonds. The van der Waals surface area contributed by atoms with Crippen molar-refractivity contribution >= 4 is 10.9 Å². The lowest BCUT2D eigenvalue weighted by Crippen LogP contribution is -2.44. The molecule has 0 radical (unpaired) electrons. The van der Waals surface area contributed by atoms with Crippen LogP contribution in [0.2, 0.25) is 0 Å². The number of hydrogen-bond acceptors (Lipinski definition) is 3. The number of nitrogens with one attached hydrogen (secondary N) is 2. The van der Waals surface area contributed by atoms with Gasteiger partial charge >= 0.3 is 0 Å². The summed E-state index contributed by atoms with van der Waals surface area (Å²) in [7, 11) is 0. The topological polar surface area (TPSA) is 48.9 Å². The first-order valence-corrected chi connectivity index (χ1v) is 8.02. The Morgan fingerprint density at radius 1 is 1.17 bits per heavy atom. The number of halogens is 1. The highest BCUT2D eigenvalue weighted by atomic mass is 19.1. The van der Waals surface area contributed by atoms with Gasteiger partial charge in [0, 0.05) is 67.1 Å². The second-order valence-electron chi connectivity index (χ2n) is 5.98. The van der Waals surface area contributed by atoms with Crippen LogP contribution in [0.1, 0.15) is 0 Å². The molecule has 0 aliphatic carbocycles. The molecule has 0 spiro atoms. The zero-order chi connectivity index (χ0) is 15.6. The van der Waals surface area contributed by atoms with E-state index in [9.17, 15) is 4.39 Å². The van der Waals surface area contributed by atoms with E-state index in [2.05, 4.69) is 26.5 Å². The maximum absolute atomic E-state index is 13.3. The molecular formula is C17H20FN5. The average Bonchev–Trinajstić information content (AvgIpc) is 3.20. The highest BCUT2D eigenvalue weighted by Crippen LogP contribution is 2.28. The summed E-state index contributed by atoms with van der Waals surface area (Å²) in [6, 6.07) is 4.83. The van der Waals surface area contributed by atoms with Crippen molar-refractivity contribution in [3.8, 4) is 11.1 Å². The molecule has 0 saturated carbocycles. The van der Waals surface area contributed by atoms with Gasteiger partial charge in [-0.15, -0.1) is 0 Å². The Bertz CT molecular complexity index is 800. The van der Waals surface area contributed by atoms with Gasteiger partial charge in [0.05, 0.1) is 12.7 Å². The predicted molar refractivity (Wildman–Crippen MR) is 88.8 cm³/mol. The van der Waals surface area contributed by atoms with Gasteiger partial charge in [0.15, 0.2) is 0 Å². The number of nitrogens with zero attached hydrogens (tertiary/aromatic N) is 3. The predicted octanol–water partition coefficient (Wildman–Crippen LogP) is 2.08. The third kappa shape index (κ3) is 3.00. The summed E-state index contributed by atoms with van der Waals surface area (Å²) in [5, 5.41) is 8.85. The third-order valence-electron chi connectivity index (χ3n) is 4.44. The van der Waals surface area contributed by atoms with Crippen LogP contribution in [0, 0.1) is 5.82 Å². The summed E-state index contributed by atoms with van der Waals surface area (Å²) >= 11 is 0. The summed E-state index contributed by atoms with van der Waals surface area (Å²) in [5.74, 6) is -0.224. The van der Waals surface area contributed by atoms with Gasteiger partial charge in [0.25, 0.3) is 0 Å². The summed E-state index contributed by atoms with van der Waals surface area (Å²) in [6.45, 7) is 6.23. The van der Waals surface area contributed by atoms with E-state index < -0.39 is 0 Å². The van der Waals surface area contributed by atoms with E-state index in [0.29, 0.717) is 0 Å². The van der Waals surface area contributed by atoms with Gasteiger partial charge in [0.2, 0.25) is 0 Å². The first-order chi connectivity index (χ1) is 11.3. The lowest BCUT2D eigenvalue weighted by molar-refractivity contribution is 0.229. The minimum Gasteiger partial charge on any atom is -0.360 e. The normalized spacial score (nSPS) is 16.2. The SMILES string of the molecule is Fc1ccc2c(-c3cnn(CCN4CCNCC4)c3)c[nH]c2c1. The van der Waals surface area contributed by atoms with Crippen LogP contribution in [0.4, 0.5) is 4.39 Å². The minimum atomic E-state index is -0.224. The molecule has 0 atom stereocenters. The molecule has 1 aliphatic heterocycles. The van der Waals surface area contributed by atoms with Crippen molar-refractivity contribution in [2.75, 3.05) is 32.7 Å². The van der Waals surface area contributed by atoms with Gasteiger partial charge < -0.3 is 10.3 Å². The van der Waals surface area contributed by atoms with Crippen LogP contribution in [-0.2, 0) is 6.54 Å². The van der Waals surface area contributed by atoms with Crippen LogP contribution in [0.5, 0.6) is 0 Å². The summed E-state index contributed by atoms with van der Waals surface area (Å²) in [5.41, 5.74) is 2.94. The van der Waals surface area contributed by atoms with Crippen LogP contribution >= 0.6 is 0 Å². The minimum absolute atomic E-state index is 0.224. The maximum atomic E-state index is 13.3. The molecular weight excluding hydrogens is 293 g/mol. The lowest BCUT2D eigenvalue weighted by atomic mass is 10.1. The zero-order valence-electron chi connectivity index (χ0n) is 12.9. The van der Waals surface area contributed by atoms with Gasteiger partial charge in [0.1, 0.15) is 5.82 Å². The molecule has 2 N–H and O–H groups in total. The number of aromatic amines is 1. The summed E-state index contributed by atoms with van der Waals surface area (Å²) in [6.07, 6.45) is 5.86. The fourth-order valence-electron chi connectivity index (χ4n) is 3.14. The second-order valence-corrected chi connectivity index (χ2v) is 5.98. The molecule has 1 fully saturated rings. The smallest absolute Gasteiger partial charge is 0.125 e. The van der Waals surface area contributed by atoms with Crippen LogP contribution in [-0.4, -0.2) is 52.4 Å². The number of benzene rings is 1. The van der Waals surface area contributed by atoms with E-state index in [0.717, 1.165) is 61.3 Å². The van der Waals surface area contributed by atoms with Crippen molar-refractivity contribution in [1.29, 1.82) is 0 Å². The van der Waals surface area contributed by atoms with Crippen LogP contribution in [0.15, 0.2) is 36.8 Å². The van der Waals surface area contributed by atoms with Gasteiger partial charge in [-0.2, -0.15) is 5.10 Å². The molecule has 1 saturated heterocycles. The first-order valence-electron chi connectivity index (χ1n) is 8.02. The van der Waals surface area contributed by atoms with E-state index >= 15 is 0 Å². The highest BCUT2D eigenvalue weighted by molar-refractivity contribution is 5.95. The van der Waals surface area contributed by atoms with Gasteiger partial charge in [-0.25, -0.2) is 4.39 Å². The highest BCUT2D eigenvalue weighted by Gasteiger charge is 2.11. The van der Waals surface area contributed by atoms with Crippen molar-refractivity contribution in [2.45, 2.75) is 6.54 Å². The van der Waals surface area contributed by atoms with Crippen LogP contribution in [0.3, 0.4) is 0 Å². The molecule has 6 heteroatoms. The number of rotatable bonds is 4. The molecule has 120 valence electrons. The van der Waals surface area contributed by atoms with Crippen LogP contribution < -0.4 is 5.32 Å². The Balaban J connectivity index is 1.50. The Morgan fingerprint density at radius 3 is 2.91 bits per heavy atom. The Hall–Kier alpha value is -2.18. The van der Waals surface area contributed by atoms with Crippen LogP contribution in [0.25, 0.3) is 22.0 Å². The fourth-order valence-corrected chi connectivity index (χ4v) is 3.14. The number of H-pyrrole nitrogens is 1. The van der Waals surface area contributed by atoms with E-state index in [1.165, 1.54) is 12.1 Å². The van der Waals surface area contributed by atoms with Crippen molar-refractivity contribution < 1.29 is 4.39 Å².